The summed E-state index contributed by atoms with van der Waals surface area (Å²) < 4.78 is 45.8. The Bertz CT molecular complexity index is 1620. The summed E-state index contributed by atoms with van der Waals surface area (Å²) >= 11 is 20.8. The molecule has 2 aliphatic rings. The van der Waals surface area contributed by atoms with E-state index in [1.165, 1.54) is 30.1 Å². The van der Waals surface area contributed by atoms with E-state index >= 15 is 0 Å². The average Bonchev–Trinajstić information content (AvgIpc) is 3.40. The van der Waals surface area contributed by atoms with Gasteiger partial charge in [-0.05, 0) is 91.1 Å². The van der Waals surface area contributed by atoms with Gasteiger partial charge in [-0.2, -0.15) is 13.2 Å². The first-order chi connectivity index (χ1) is 22.7. The molecule has 0 radical (unpaired) electrons. The number of halogens is 6. The van der Waals surface area contributed by atoms with Gasteiger partial charge in [0.25, 0.3) is 0 Å². The predicted molar refractivity (Wildman–Crippen MR) is 187 cm³/mol. The van der Waals surface area contributed by atoms with E-state index in [4.69, 9.17) is 39.5 Å². The van der Waals surface area contributed by atoms with Crippen LogP contribution >= 0.6 is 46.6 Å². The third kappa shape index (κ3) is 8.40. The fourth-order valence-corrected chi connectivity index (χ4v) is 9.10. The maximum atomic E-state index is 13.8. The Hall–Kier alpha value is -2.59. The molecule has 12 heteroatoms. The molecule has 0 unspecified atom stereocenters. The van der Waals surface area contributed by atoms with Crippen molar-refractivity contribution in [2.24, 2.45) is 5.92 Å². The van der Waals surface area contributed by atoms with E-state index in [9.17, 15) is 22.8 Å². The van der Waals surface area contributed by atoms with Crippen molar-refractivity contribution in [3.63, 3.8) is 0 Å². The van der Waals surface area contributed by atoms with Gasteiger partial charge >= 0.3 is 12.3 Å². The second kappa shape index (κ2) is 15.1. The first kappa shape index (κ1) is 36.7. The highest BCUT2D eigenvalue weighted by Crippen LogP contribution is 2.56. The monoisotopic (exact) mass is 740 g/mol. The average molecular weight is 742 g/mol. The molecule has 48 heavy (non-hydrogen) atoms. The Kier molecular flexibility index (Phi) is 11.6. The molecule has 0 saturated heterocycles. The molecule has 1 heterocycles. The van der Waals surface area contributed by atoms with Crippen molar-refractivity contribution in [2.45, 2.75) is 73.6 Å². The molecular formula is C36H38Cl3F3N2O3S. The van der Waals surface area contributed by atoms with Crippen LogP contribution in [0.25, 0.3) is 0 Å². The van der Waals surface area contributed by atoms with Gasteiger partial charge in [0.1, 0.15) is 12.2 Å². The van der Waals surface area contributed by atoms with Crippen molar-refractivity contribution in [3.05, 3.63) is 98.5 Å². The first-order valence-electron chi connectivity index (χ1n) is 15.9. The first-order valence-corrected chi connectivity index (χ1v) is 18.0. The van der Waals surface area contributed by atoms with Gasteiger partial charge in [0, 0.05) is 36.2 Å². The highest BCUT2D eigenvalue weighted by molar-refractivity contribution is 7.99. The van der Waals surface area contributed by atoms with Crippen molar-refractivity contribution in [1.82, 2.24) is 9.80 Å². The number of nitrogens with zero attached hydrogens (tertiary/aromatic N) is 2. The van der Waals surface area contributed by atoms with Crippen LogP contribution in [0.4, 0.5) is 18.0 Å². The number of hydrogen-bond donors (Lipinski definition) is 0. The number of alkyl halides is 3. The minimum Gasteiger partial charge on any atom is -0.410 e. The quantitative estimate of drug-likeness (QED) is 0.208. The Morgan fingerprint density at radius 2 is 1.65 bits per heavy atom. The molecule has 1 atom stereocenters. The number of likely N-dealkylation sites (N-methyl/N-ethyl adjacent to an activating group) is 2. The molecule has 1 saturated carbocycles. The zero-order valence-corrected chi connectivity index (χ0v) is 29.9. The van der Waals surface area contributed by atoms with E-state index in [1.54, 1.807) is 42.5 Å². The molecule has 5 nitrogen and oxygen atoms in total. The minimum absolute atomic E-state index is 0.157. The molecule has 1 aliphatic heterocycles. The van der Waals surface area contributed by atoms with Crippen molar-refractivity contribution >= 4 is 58.6 Å². The molecule has 2 amide bonds. The third-order valence-corrected chi connectivity index (χ3v) is 12.4. The van der Waals surface area contributed by atoms with Gasteiger partial charge < -0.3 is 9.64 Å². The van der Waals surface area contributed by atoms with Gasteiger partial charge in [-0.15, -0.1) is 11.8 Å². The summed E-state index contributed by atoms with van der Waals surface area (Å²) in [5, 5.41) is 0.960. The van der Waals surface area contributed by atoms with Gasteiger partial charge in [-0.3, -0.25) is 9.69 Å². The van der Waals surface area contributed by atoms with Gasteiger partial charge in [-0.25, -0.2) is 4.79 Å². The standard InChI is InChI=1S/C36H38Cl3F3N2O3S/c1-43(32(45)21-36(40,41)42)23-34(26-9-14-30(38)31(39)20-26,44(2)33(46)47-28-12-10-27(37)11-13-28)17-5-6-24-15-18-35(19-16-24)29-8-4-3-7-25(29)22-48-35/h3-4,7-14,20,24H,5-6,15-19,21-23H2,1-2H3/t24?,34-,35?/m1/s1. The third-order valence-electron chi connectivity index (χ3n) is 9.80. The lowest BCUT2D eigenvalue weighted by molar-refractivity contribution is -0.161. The summed E-state index contributed by atoms with van der Waals surface area (Å²) in [4.78, 5) is 29.0. The number of ether oxygens (including phenoxy) is 1. The maximum absolute atomic E-state index is 13.8. The highest BCUT2D eigenvalue weighted by atomic mass is 35.5. The van der Waals surface area contributed by atoms with E-state index in [1.807, 2.05) is 11.8 Å². The van der Waals surface area contributed by atoms with E-state index < -0.39 is 30.1 Å². The van der Waals surface area contributed by atoms with E-state index in [-0.39, 0.29) is 27.1 Å². The molecule has 3 aromatic carbocycles. The summed E-state index contributed by atoms with van der Waals surface area (Å²) in [7, 11) is 2.85. The number of thioether (sulfide) groups is 1. The maximum Gasteiger partial charge on any atom is 0.415 e. The Labute approximate surface area is 299 Å². The Morgan fingerprint density at radius 1 is 0.958 bits per heavy atom. The van der Waals surface area contributed by atoms with Crippen LogP contribution in [-0.2, 0) is 20.8 Å². The number of fused-ring (bicyclic) bond motifs is 2. The predicted octanol–water partition coefficient (Wildman–Crippen LogP) is 10.9. The lowest BCUT2D eigenvalue weighted by atomic mass is 9.74. The number of amides is 2. The molecule has 0 bridgehead atoms. The van der Waals surface area contributed by atoms with Crippen LogP contribution in [0, 0.1) is 5.92 Å². The zero-order chi connectivity index (χ0) is 34.7. The van der Waals surface area contributed by atoms with Gasteiger partial charge in [0.15, 0.2) is 0 Å². The lowest BCUT2D eigenvalue weighted by Gasteiger charge is -2.44. The molecule has 1 fully saturated rings. The van der Waals surface area contributed by atoms with E-state index in [0.717, 1.165) is 42.8 Å². The van der Waals surface area contributed by atoms with Crippen LogP contribution < -0.4 is 4.74 Å². The van der Waals surface area contributed by atoms with Gasteiger partial charge in [0.2, 0.25) is 5.91 Å². The number of benzene rings is 3. The highest BCUT2D eigenvalue weighted by Gasteiger charge is 2.45. The number of carbonyl (C=O) groups is 2. The van der Waals surface area contributed by atoms with Crippen molar-refractivity contribution in [1.29, 1.82) is 0 Å². The van der Waals surface area contributed by atoms with Gasteiger partial charge in [0.05, 0.1) is 15.6 Å². The van der Waals surface area contributed by atoms with Gasteiger partial charge in [-0.1, -0.05) is 78.0 Å². The normalized spacial score (nSPS) is 20.2. The second-order valence-corrected chi connectivity index (χ2v) is 15.5. The second-order valence-electron chi connectivity index (χ2n) is 12.9. The lowest BCUT2D eigenvalue weighted by Crippen LogP contribution is -2.55. The summed E-state index contributed by atoms with van der Waals surface area (Å²) in [6.45, 7) is -0.229. The Morgan fingerprint density at radius 3 is 2.31 bits per heavy atom. The SMILES string of the molecule is CN(C[C@](CCCC1CCC2(CC1)SCc1ccccc12)(c1ccc(Cl)c(Cl)c1)N(C)C(=O)Oc1ccc(Cl)cc1)C(=O)CC(F)(F)F. The van der Waals surface area contributed by atoms with Crippen molar-refractivity contribution < 1.29 is 27.5 Å². The van der Waals surface area contributed by atoms with Crippen LogP contribution in [0.2, 0.25) is 15.1 Å². The fourth-order valence-electron chi connectivity index (χ4n) is 7.12. The summed E-state index contributed by atoms with van der Waals surface area (Å²) in [5.74, 6) is 0.611. The molecular weight excluding hydrogens is 704 g/mol. The fraction of sp³-hybridized carbons (Fsp3) is 0.444. The van der Waals surface area contributed by atoms with Crippen LogP contribution in [-0.4, -0.2) is 48.6 Å². The molecule has 258 valence electrons. The number of carbonyl (C=O) groups excluding carboxylic acids is 2. The molecule has 1 spiro atoms. The largest absolute Gasteiger partial charge is 0.415 e. The molecule has 5 rings (SSSR count). The number of hydrogen-bond acceptors (Lipinski definition) is 4. The van der Waals surface area contributed by atoms with Crippen LogP contribution in [0.15, 0.2) is 66.7 Å². The molecule has 0 aromatic heterocycles. The smallest absolute Gasteiger partial charge is 0.410 e. The summed E-state index contributed by atoms with van der Waals surface area (Å²) in [6.07, 6.45) is -0.958. The van der Waals surface area contributed by atoms with E-state index in [0.29, 0.717) is 29.3 Å². The molecule has 1 aliphatic carbocycles. The minimum atomic E-state index is -4.69. The summed E-state index contributed by atoms with van der Waals surface area (Å²) in [6, 6.07) is 19.8. The van der Waals surface area contributed by atoms with Crippen LogP contribution in [0.3, 0.4) is 0 Å². The molecule has 0 N–H and O–H groups in total. The number of rotatable bonds is 10. The zero-order valence-electron chi connectivity index (χ0n) is 26.8. The van der Waals surface area contributed by atoms with E-state index in [2.05, 4.69) is 24.3 Å². The van der Waals surface area contributed by atoms with Crippen LogP contribution in [0.1, 0.15) is 68.1 Å². The topological polar surface area (TPSA) is 49.9 Å². The van der Waals surface area contributed by atoms with Crippen LogP contribution in [0.5, 0.6) is 5.75 Å². The molecule has 3 aromatic rings. The van der Waals surface area contributed by atoms with Crippen molar-refractivity contribution in [3.8, 4) is 5.75 Å². The summed E-state index contributed by atoms with van der Waals surface area (Å²) in [5.41, 5.74) is 2.11. The Balaban J connectivity index is 1.40. The van der Waals surface area contributed by atoms with Crippen molar-refractivity contribution in [2.75, 3.05) is 20.6 Å².